The van der Waals surface area contributed by atoms with E-state index in [0.29, 0.717) is 6.42 Å². The third-order valence-electron chi connectivity index (χ3n) is 6.46. The second-order valence-corrected chi connectivity index (χ2v) is 8.67. The van der Waals surface area contributed by atoms with E-state index in [1.165, 1.54) is 17.8 Å². The molecular weight excluding hydrogens is 448 g/mol. The fourth-order valence-corrected chi connectivity index (χ4v) is 4.36. The van der Waals surface area contributed by atoms with Gasteiger partial charge in [-0.2, -0.15) is 5.10 Å². The average Bonchev–Trinajstić information content (AvgIpc) is 3.38. The van der Waals surface area contributed by atoms with Gasteiger partial charge >= 0.3 is 12.1 Å². The molecule has 3 N–H and O–H groups in total. The Morgan fingerprint density at radius 1 is 1.09 bits per heavy atom. The van der Waals surface area contributed by atoms with Crippen molar-refractivity contribution in [2.75, 3.05) is 11.9 Å². The maximum absolute atomic E-state index is 13.0. The second kappa shape index (κ2) is 10.0. The van der Waals surface area contributed by atoms with Crippen LogP contribution in [0.3, 0.4) is 0 Å². The van der Waals surface area contributed by atoms with Gasteiger partial charge in [-0.1, -0.05) is 68.8 Å². The van der Waals surface area contributed by atoms with Crippen LogP contribution in [0.2, 0.25) is 0 Å². The lowest BCUT2D eigenvalue weighted by Crippen LogP contribution is -2.48. The van der Waals surface area contributed by atoms with Gasteiger partial charge < -0.3 is 20.5 Å². The highest BCUT2D eigenvalue weighted by Gasteiger charge is 2.31. The van der Waals surface area contributed by atoms with Crippen molar-refractivity contribution >= 4 is 23.8 Å². The number of amides is 2. The van der Waals surface area contributed by atoms with E-state index in [1.807, 2.05) is 50.2 Å². The number of nitrogens with zero attached hydrogens (tertiary/aromatic N) is 2. The van der Waals surface area contributed by atoms with Crippen LogP contribution in [0.1, 0.15) is 47.8 Å². The number of benzene rings is 2. The van der Waals surface area contributed by atoms with E-state index < -0.39 is 24.0 Å². The smallest absolute Gasteiger partial charge is 0.407 e. The van der Waals surface area contributed by atoms with Crippen molar-refractivity contribution in [1.29, 1.82) is 0 Å². The molecule has 2 atom stereocenters. The minimum Gasteiger partial charge on any atom is -0.476 e. The van der Waals surface area contributed by atoms with Gasteiger partial charge in [0, 0.05) is 19.0 Å². The average molecular weight is 477 g/mol. The molecule has 1 heterocycles. The second-order valence-electron chi connectivity index (χ2n) is 8.67. The minimum absolute atomic E-state index is 0.0899. The molecule has 1 aliphatic rings. The van der Waals surface area contributed by atoms with Crippen molar-refractivity contribution in [3.8, 4) is 11.1 Å². The fourth-order valence-electron chi connectivity index (χ4n) is 4.36. The molecule has 9 nitrogen and oxygen atoms in total. The van der Waals surface area contributed by atoms with Gasteiger partial charge in [-0.05, 0) is 28.2 Å². The van der Waals surface area contributed by atoms with Crippen molar-refractivity contribution in [2.45, 2.75) is 32.2 Å². The molecule has 0 saturated carbocycles. The first-order chi connectivity index (χ1) is 16.8. The zero-order valence-corrected chi connectivity index (χ0v) is 19.8. The first kappa shape index (κ1) is 24.0. The summed E-state index contributed by atoms with van der Waals surface area (Å²) in [5, 5.41) is 18.3. The number of aromatic nitrogens is 2. The standard InChI is InChI=1S/C26H28N4O5/c1-4-15(2)23(24(31)27-22-13-21(25(32)33)29-30(22)3)28-26(34)35-14-20-18-11-7-5-9-16(18)17-10-6-8-12-19(17)20/h5-13,15,20,23H,4,14H2,1-3H3,(H,27,31)(H,28,34)(H,32,33). The minimum atomic E-state index is -1.20. The molecule has 0 spiro atoms. The zero-order valence-electron chi connectivity index (χ0n) is 19.8. The molecule has 3 aromatic rings. The Hall–Kier alpha value is -4.14. The van der Waals surface area contributed by atoms with E-state index in [0.717, 1.165) is 22.3 Å². The number of nitrogens with one attached hydrogen (secondary N) is 2. The summed E-state index contributed by atoms with van der Waals surface area (Å²) in [6, 6.07) is 16.5. The summed E-state index contributed by atoms with van der Waals surface area (Å²) in [7, 11) is 1.53. The Bertz CT molecular complexity index is 1220. The third-order valence-corrected chi connectivity index (χ3v) is 6.46. The lowest BCUT2D eigenvalue weighted by Gasteiger charge is -2.23. The SMILES string of the molecule is CCC(C)C(NC(=O)OCC1c2ccccc2-c2ccccc21)C(=O)Nc1cc(C(=O)O)nn1C. The predicted octanol–water partition coefficient (Wildman–Crippen LogP) is 4.01. The number of hydrogen-bond acceptors (Lipinski definition) is 5. The monoisotopic (exact) mass is 476 g/mol. The van der Waals surface area contributed by atoms with Gasteiger partial charge in [-0.3, -0.25) is 9.48 Å². The molecule has 9 heteroatoms. The molecule has 0 aliphatic heterocycles. The van der Waals surface area contributed by atoms with Crippen LogP contribution in [-0.4, -0.2) is 45.5 Å². The van der Waals surface area contributed by atoms with E-state index in [1.54, 1.807) is 0 Å². The number of ether oxygens (including phenoxy) is 1. The molecule has 0 radical (unpaired) electrons. The Labute approximate surface area is 203 Å². The summed E-state index contributed by atoms with van der Waals surface area (Å²) in [6.45, 7) is 3.90. The quantitative estimate of drug-likeness (QED) is 0.452. The highest BCUT2D eigenvalue weighted by molar-refractivity contribution is 5.97. The van der Waals surface area contributed by atoms with Crippen LogP contribution >= 0.6 is 0 Å². The number of carboxylic acid groups (broad SMARTS) is 1. The van der Waals surface area contributed by atoms with Gasteiger partial charge in [0.1, 0.15) is 18.5 Å². The van der Waals surface area contributed by atoms with E-state index in [-0.39, 0.29) is 30.0 Å². The van der Waals surface area contributed by atoms with Crippen LogP contribution in [0.25, 0.3) is 11.1 Å². The molecule has 0 fully saturated rings. The Morgan fingerprint density at radius 3 is 2.23 bits per heavy atom. The first-order valence-electron chi connectivity index (χ1n) is 11.5. The number of carbonyl (C=O) groups is 3. The fraction of sp³-hybridized carbons (Fsp3) is 0.308. The maximum atomic E-state index is 13.0. The first-order valence-corrected chi connectivity index (χ1v) is 11.5. The van der Waals surface area contributed by atoms with E-state index in [2.05, 4.69) is 27.9 Å². The van der Waals surface area contributed by atoms with Crippen LogP contribution in [-0.2, 0) is 16.6 Å². The number of aryl methyl sites for hydroxylation is 1. The van der Waals surface area contributed by atoms with Gasteiger partial charge in [0.15, 0.2) is 5.69 Å². The van der Waals surface area contributed by atoms with E-state index in [4.69, 9.17) is 9.84 Å². The van der Waals surface area contributed by atoms with Crippen LogP contribution in [0.15, 0.2) is 54.6 Å². The maximum Gasteiger partial charge on any atom is 0.407 e. The number of alkyl carbamates (subject to hydrolysis) is 1. The molecule has 2 aromatic carbocycles. The summed E-state index contributed by atoms with van der Waals surface area (Å²) in [6.07, 6.45) is -0.0587. The molecule has 1 aliphatic carbocycles. The highest BCUT2D eigenvalue weighted by Crippen LogP contribution is 2.44. The number of rotatable bonds is 8. The van der Waals surface area contributed by atoms with Crippen molar-refractivity contribution in [3.05, 3.63) is 71.4 Å². The molecule has 182 valence electrons. The normalized spacial score (nSPS) is 13.9. The van der Waals surface area contributed by atoms with Gasteiger partial charge in [-0.15, -0.1) is 0 Å². The van der Waals surface area contributed by atoms with Crippen molar-refractivity contribution in [2.24, 2.45) is 13.0 Å². The number of fused-ring (bicyclic) bond motifs is 3. The van der Waals surface area contributed by atoms with Crippen LogP contribution in [0.4, 0.5) is 10.6 Å². The summed E-state index contributed by atoms with van der Waals surface area (Å²) in [5.41, 5.74) is 4.27. The molecular formula is C26H28N4O5. The van der Waals surface area contributed by atoms with Gasteiger partial charge in [0.05, 0.1) is 0 Å². The zero-order chi connectivity index (χ0) is 25.1. The van der Waals surface area contributed by atoms with Crippen molar-refractivity contribution in [1.82, 2.24) is 15.1 Å². The van der Waals surface area contributed by atoms with Gasteiger partial charge in [-0.25, -0.2) is 9.59 Å². The molecule has 0 saturated heterocycles. The third kappa shape index (κ3) is 4.89. The number of carboxylic acids is 1. The molecule has 0 bridgehead atoms. The summed E-state index contributed by atoms with van der Waals surface area (Å²) in [5.74, 6) is -1.74. The topological polar surface area (TPSA) is 123 Å². The predicted molar refractivity (Wildman–Crippen MR) is 130 cm³/mol. The van der Waals surface area contributed by atoms with Crippen LogP contribution in [0.5, 0.6) is 0 Å². The molecule has 1 aromatic heterocycles. The number of carbonyl (C=O) groups excluding carboxylic acids is 2. The molecule has 2 amide bonds. The van der Waals surface area contributed by atoms with E-state index >= 15 is 0 Å². The highest BCUT2D eigenvalue weighted by atomic mass is 16.5. The lowest BCUT2D eigenvalue weighted by atomic mass is 9.98. The number of anilines is 1. The Balaban J connectivity index is 1.44. The van der Waals surface area contributed by atoms with Crippen LogP contribution < -0.4 is 10.6 Å². The largest absolute Gasteiger partial charge is 0.476 e. The summed E-state index contributed by atoms with van der Waals surface area (Å²) >= 11 is 0. The molecule has 4 rings (SSSR count). The summed E-state index contributed by atoms with van der Waals surface area (Å²) < 4.78 is 6.87. The lowest BCUT2D eigenvalue weighted by molar-refractivity contribution is -0.119. The van der Waals surface area contributed by atoms with Gasteiger partial charge in [0.2, 0.25) is 5.91 Å². The molecule has 35 heavy (non-hydrogen) atoms. The summed E-state index contributed by atoms with van der Waals surface area (Å²) in [4.78, 5) is 36.9. The van der Waals surface area contributed by atoms with Gasteiger partial charge in [0.25, 0.3) is 0 Å². The Morgan fingerprint density at radius 2 is 1.69 bits per heavy atom. The van der Waals surface area contributed by atoms with Crippen molar-refractivity contribution in [3.63, 3.8) is 0 Å². The molecule has 2 unspecified atom stereocenters. The number of aromatic carboxylic acids is 1. The number of hydrogen-bond donors (Lipinski definition) is 3. The van der Waals surface area contributed by atoms with Crippen LogP contribution in [0, 0.1) is 5.92 Å². The van der Waals surface area contributed by atoms with E-state index in [9.17, 15) is 14.4 Å². The van der Waals surface area contributed by atoms with Crippen molar-refractivity contribution < 1.29 is 24.2 Å². The Kier molecular flexibility index (Phi) is 6.86.